The van der Waals surface area contributed by atoms with E-state index in [2.05, 4.69) is 5.32 Å². The third-order valence-electron chi connectivity index (χ3n) is 3.73. The molecule has 0 unspecified atom stereocenters. The Morgan fingerprint density at radius 3 is 2.43 bits per heavy atom. The Balaban J connectivity index is 2.32. The maximum absolute atomic E-state index is 14.5. The van der Waals surface area contributed by atoms with Gasteiger partial charge >= 0.3 is 0 Å². The Labute approximate surface area is 161 Å². The van der Waals surface area contributed by atoms with Gasteiger partial charge in [0.1, 0.15) is 5.82 Å². The first-order chi connectivity index (χ1) is 13.1. The molecule has 1 amide bonds. The van der Waals surface area contributed by atoms with Crippen molar-refractivity contribution in [2.75, 3.05) is 18.5 Å². The predicted octanol–water partition coefficient (Wildman–Crippen LogP) is 4.09. The molecule has 2 rings (SSSR count). The summed E-state index contributed by atoms with van der Waals surface area (Å²) in [5, 5.41) is 11.1. The standard InChI is InChI=1S/C20H23F3N2O3/c1-20(2,3)11-12-4-7-16(15(22)10-12)24-18-13(5-6-14(21)17(18)23)19(27)25-28-9-8-26/h4-7,10,24,26H,8-9,11H2,1-3H3,(H,25,27). The Kier molecular flexibility index (Phi) is 7.04. The fourth-order valence-corrected chi connectivity index (χ4v) is 2.60. The SMILES string of the molecule is CC(C)(C)Cc1ccc(Nc2c(C(=O)NOCCO)ccc(F)c2F)c(F)c1. The first-order valence-corrected chi connectivity index (χ1v) is 8.69. The number of halogens is 3. The maximum atomic E-state index is 14.5. The molecule has 0 fully saturated rings. The van der Waals surface area contributed by atoms with Crippen LogP contribution in [0.15, 0.2) is 30.3 Å². The highest BCUT2D eigenvalue weighted by Gasteiger charge is 2.21. The summed E-state index contributed by atoms with van der Waals surface area (Å²) >= 11 is 0. The molecule has 0 aliphatic rings. The number of carbonyl (C=O) groups is 1. The van der Waals surface area contributed by atoms with Gasteiger partial charge in [0, 0.05) is 0 Å². The Morgan fingerprint density at radius 1 is 1.11 bits per heavy atom. The summed E-state index contributed by atoms with van der Waals surface area (Å²) in [6.07, 6.45) is 0.633. The molecule has 152 valence electrons. The van der Waals surface area contributed by atoms with Crippen molar-refractivity contribution in [2.45, 2.75) is 27.2 Å². The van der Waals surface area contributed by atoms with Crippen LogP contribution in [0.3, 0.4) is 0 Å². The monoisotopic (exact) mass is 396 g/mol. The molecule has 0 aliphatic carbocycles. The molecule has 0 saturated heterocycles. The summed E-state index contributed by atoms with van der Waals surface area (Å²) in [5.74, 6) is -4.05. The number of hydrogen-bond donors (Lipinski definition) is 3. The van der Waals surface area contributed by atoms with Crippen LogP contribution in [0.5, 0.6) is 0 Å². The molecule has 28 heavy (non-hydrogen) atoms. The average Bonchev–Trinajstić information content (AvgIpc) is 2.60. The number of amides is 1. The molecule has 2 aromatic rings. The van der Waals surface area contributed by atoms with Crippen LogP contribution in [0.2, 0.25) is 0 Å². The van der Waals surface area contributed by atoms with Gasteiger partial charge in [-0.3, -0.25) is 9.63 Å². The lowest BCUT2D eigenvalue weighted by atomic mass is 9.88. The fourth-order valence-electron chi connectivity index (χ4n) is 2.60. The van der Waals surface area contributed by atoms with Crippen molar-refractivity contribution in [1.82, 2.24) is 5.48 Å². The molecule has 5 nitrogen and oxygen atoms in total. The second-order valence-corrected chi connectivity index (χ2v) is 7.46. The normalized spacial score (nSPS) is 11.4. The highest BCUT2D eigenvalue weighted by molar-refractivity contribution is 5.99. The van der Waals surface area contributed by atoms with Crippen LogP contribution in [-0.2, 0) is 11.3 Å². The van der Waals surface area contributed by atoms with Crippen molar-refractivity contribution < 1.29 is 27.9 Å². The number of aliphatic hydroxyl groups excluding tert-OH is 1. The van der Waals surface area contributed by atoms with Crippen LogP contribution in [-0.4, -0.2) is 24.2 Å². The molecule has 0 spiro atoms. The van der Waals surface area contributed by atoms with E-state index >= 15 is 0 Å². The number of benzene rings is 2. The first-order valence-electron chi connectivity index (χ1n) is 8.69. The van der Waals surface area contributed by atoms with Crippen molar-refractivity contribution in [2.24, 2.45) is 5.41 Å². The molecular weight excluding hydrogens is 373 g/mol. The van der Waals surface area contributed by atoms with Crippen LogP contribution in [0.4, 0.5) is 24.5 Å². The Hall–Kier alpha value is -2.58. The molecule has 0 heterocycles. The quantitative estimate of drug-likeness (QED) is 0.487. The minimum atomic E-state index is -1.33. The number of rotatable bonds is 7. The summed E-state index contributed by atoms with van der Waals surface area (Å²) in [5.41, 5.74) is 1.80. The number of hydrogen-bond acceptors (Lipinski definition) is 4. The van der Waals surface area contributed by atoms with Gasteiger partial charge in [-0.1, -0.05) is 26.8 Å². The van der Waals surface area contributed by atoms with Crippen LogP contribution in [0.1, 0.15) is 36.7 Å². The Morgan fingerprint density at radius 2 is 1.82 bits per heavy atom. The minimum absolute atomic E-state index is 0.0458. The zero-order valence-electron chi connectivity index (χ0n) is 15.9. The number of nitrogens with one attached hydrogen (secondary N) is 2. The van der Waals surface area contributed by atoms with Crippen molar-refractivity contribution in [3.05, 3.63) is 58.9 Å². The van der Waals surface area contributed by atoms with E-state index in [9.17, 15) is 18.0 Å². The van der Waals surface area contributed by atoms with E-state index in [1.165, 1.54) is 12.1 Å². The molecular formula is C20H23F3N2O3. The van der Waals surface area contributed by atoms with E-state index in [1.54, 1.807) is 6.07 Å². The molecule has 0 atom stereocenters. The maximum Gasteiger partial charge on any atom is 0.277 e. The topological polar surface area (TPSA) is 70.6 Å². The summed E-state index contributed by atoms with van der Waals surface area (Å²) in [7, 11) is 0. The van der Waals surface area contributed by atoms with Crippen LogP contribution in [0, 0.1) is 22.9 Å². The fraction of sp³-hybridized carbons (Fsp3) is 0.350. The number of aliphatic hydroxyl groups is 1. The highest BCUT2D eigenvalue weighted by Crippen LogP contribution is 2.29. The van der Waals surface area contributed by atoms with Gasteiger partial charge in [0.15, 0.2) is 11.6 Å². The highest BCUT2D eigenvalue weighted by atomic mass is 19.2. The lowest BCUT2D eigenvalue weighted by molar-refractivity contribution is 0.0168. The molecule has 2 aromatic carbocycles. The van der Waals surface area contributed by atoms with Gasteiger partial charge in [0.2, 0.25) is 0 Å². The van der Waals surface area contributed by atoms with Crippen molar-refractivity contribution >= 4 is 17.3 Å². The van der Waals surface area contributed by atoms with Crippen LogP contribution < -0.4 is 10.8 Å². The predicted molar refractivity (Wildman–Crippen MR) is 99.7 cm³/mol. The second kappa shape index (κ2) is 9.07. The van der Waals surface area contributed by atoms with E-state index in [0.717, 1.165) is 17.7 Å². The largest absolute Gasteiger partial charge is 0.394 e. The minimum Gasteiger partial charge on any atom is -0.394 e. The van der Waals surface area contributed by atoms with Crippen molar-refractivity contribution in [3.63, 3.8) is 0 Å². The van der Waals surface area contributed by atoms with Gasteiger partial charge < -0.3 is 10.4 Å². The van der Waals surface area contributed by atoms with Gasteiger partial charge in [0.05, 0.1) is 30.2 Å². The van der Waals surface area contributed by atoms with Gasteiger partial charge in [0.25, 0.3) is 5.91 Å². The van der Waals surface area contributed by atoms with E-state index in [0.29, 0.717) is 6.42 Å². The van der Waals surface area contributed by atoms with Crippen LogP contribution in [0.25, 0.3) is 0 Å². The average molecular weight is 396 g/mol. The van der Waals surface area contributed by atoms with E-state index in [1.807, 2.05) is 26.3 Å². The van der Waals surface area contributed by atoms with Crippen molar-refractivity contribution in [3.8, 4) is 0 Å². The third-order valence-corrected chi connectivity index (χ3v) is 3.73. The third kappa shape index (κ3) is 5.71. The van der Waals surface area contributed by atoms with E-state index in [-0.39, 0.29) is 29.9 Å². The lowest BCUT2D eigenvalue weighted by Crippen LogP contribution is -2.26. The second-order valence-electron chi connectivity index (χ2n) is 7.46. The molecule has 0 radical (unpaired) electrons. The zero-order valence-corrected chi connectivity index (χ0v) is 15.9. The Bertz CT molecular complexity index is 851. The van der Waals surface area contributed by atoms with E-state index in [4.69, 9.17) is 9.94 Å². The van der Waals surface area contributed by atoms with Gasteiger partial charge in [-0.25, -0.2) is 18.7 Å². The summed E-state index contributed by atoms with van der Waals surface area (Å²) in [6, 6.07) is 6.23. The molecule has 3 N–H and O–H groups in total. The number of hydroxylamine groups is 1. The summed E-state index contributed by atoms with van der Waals surface area (Å²) < 4.78 is 42.5. The van der Waals surface area contributed by atoms with E-state index < -0.39 is 29.0 Å². The van der Waals surface area contributed by atoms with Gasteiger partial charge in [-0.15, -0.1) is 0 Å². The zero-order chi connectivity index (χ0) is 20.9. The molecule has 0 bridgehead atoms. The summed E-state index contributed by atoms with van der Waals surface area (Å²) in [4.78, 5) is 16.8. The van der Waals surface area contributed by atoms with Gasteiger partial charge in [-0.2, -0.15) is 0 Å². The van der Waals surface area contributed by atoms with Crippen molar-refractivity contribution in [1.29, 1.82) is 0 Å². The van der Waals surface area contributed by atoms with Crippen LogP contribution >= 0.6 is 0 Å². The number of carbonyl (C=O) groups excluding carboxylic acids is 1. The summed E-state index contributed by atoms with van der Waals surface area (Å²) in [6.45, 7) is 5.53. The lowest BCUT2D eigenvalue weighted by Gasteiger charge is -2.19. The first kappa shape index (κ1) is 21.7. The molecule has 8 heteroatoms. The number of anilines is 2. The molecule has 0 saturated carbocycles. The van der Waals surface area contributed by atoms with Gasteiger partial charge in [-0.05, 0) is 41.7 Å². The molecule has 0 aliphatic heterocycles. The smallest absolute Gasteiger partial charge is 0.277 e. The molecule has 0 aromatic heterocycles.